The molecule has 2 aromatic carbocycles. The van der Waals surface area contributed by atoms with Crippen molar-refractivity contribution in [1.82, 2.24) is 10.1 Å². The van der Waals surface area contributed by atoms with Crippen LogP contribution < -0.4 is 0 Å². The number of nitrogens with zero attached hydrogens (tertiary/aromatic N) is 1. The summed E-state index contributed by atoms with van der Waals surface area (Å²) in [5.41, 5.74) is 0.366. The number of aromatic carboxylic acids is 1. The third kappa shape index (κ3) is 4.17. The smallest absolute Gasteiger partial charge is 0.417 e. The van der Waals surface area contributed by atoms with Crippen LogP contribution in [-0.2, 0) is 6.18 Å². The number of rotatable bonds is 5. The number of alkyl halides is 3. The second-order valence-electron chi connectivity index (χ2n) is 6.79. The molecule has 4 rings (SSSR count). The van der Waals surface area contributed by atoms with Crippen molar-refractivity contribution in [1.29, 1.82) is 0 Å². The number of H-pyrrole nitrogens is 1. The molecule has 0 bridgehead atoms. The summed E-state index contributed by atoms with van der Waals surface area (Å²) in [6.07, 6.45) is 1.81. The van der Waals surface area contributed by atoms with Crippen molar-refractivity contribution in [3.8, 4) is 22.6 Å². The number of carbonyl (C=O) groups is 1. The molecular formula is C23H14ClF3N2O3. The molecule has 2 aromatic heterocycles. The summed E-state index contributed by atoms with van der Waals surface area (Å²) in [6, 6.07) is 11.2. The third-order valence-electron chi connectivity index (χ3n) is 4.74. The summed E-state index contributed by atoms with van der Waals surface area (Å²) in [5, 5.41) is 12.8. The number of hydrogen-bond donors (Lipinski definition) is 2. The Balaban J connectivity index is 1.87. The largest absolute Gasteiger partial charge is 0.478 e. The first kappa shape index (κ1) is 21.5. The first-order chi connectivity index (χ1) is 15.3. The number of carboxylic acids is 1. The molecule has 0 aliphatic rings. The second-order valence-corrected chi connectivity index (χ2v) is 7.20. The van der Waals surface area contributed by atoms with E-state index >= 15 is 0 Å². The molecule has 0 saturated carbocycles. The van der Waals surface area contributed by atoms with E-state index in [4.69, 9.17) is 21.2 Å². The predicted octanol–water partition coefficient (Wildman–Crippen LogP) is 6.88. The summed E-state index contributed by atoms with van der Waals surface area (Å²) in [5.74, 6) is -0.803. The maximum absolute atomic E-state index is 13.7. The third-order valence-corrected chi connectivity index (χ3v) is 5.06. The van der Waals surface area contributed by atoms with Crippen molar-refractivity contribution in [2.45, 2.75) is 6.18 Å². The van der Waals surface area contributed by atoms with Gasteiger partial charge in [-0.2, -0.15) is 13.2 Å². The van der Waals surface area contributed by atoms with Crippen molar-refractivity contribution in [2.24, 2.45) is 0 Å². The normalized spacial score (nSPS) is 11.9. The number of carboxylic acid groups (broad SMARTS) is 1. The van der Waals surface area contributed by atoms with Crippen molar-refractivity contribution in [3.05, 3.63) is 88.2 Å². The van der Waals surface area contributed by atoms with E-state index in [0.29, 0.717) is 16.7 Å². The van der Waals surface area contributed by atoms with E-state index < -0.39 is 17.7 Å². The maximum Gasteiger partial charge on any atom is 0.417 e. The highest BCUT2D eigenvalue weighted by molar-refractivity contribution is 6.33. The molecule has 0 amide bonds. The van der Waals surface area contributed by atoms with E-state index in [1.165, 1.54) is 24.3 Å². The van der Waals surface area contributed by atoms with Gasteiger partial charge in [-0.05, 0) is 42.0 Å². The van der Waals surface area contributed by atoms with Crippen LogP contribution in [0, 0.1) is 0 Å². The fourth-order valence-electron chi connectivity index (χ4n) is 3.22. The van der Waals surface area contributed by atoms with Gasteiger partial charge in [0.25, 0.3) is 0 Å². The summed E-state index contributed by atoms with van der Waals surface area (Å²) in [6.45, 7) is 0. The molecule has 9 heteroatoms. The van der Waals surface area contributed by atoms with Crippen molar-refractivity contribution < 1.29 is 27.6 Å². The highest BCUT2D eigenvalue weighted by Gasteiger charge is 2.36. The quantitative estimate of drug-likeness (QED) is 0.342. The average molecular weight is 459 g/mol. The van der Waals surface area contributed by atoms with Crippen LogP contribution in [-0.4, -0.2) is 21.2 Å². The molecule has 0 aliphatic heterocycles. The highest BCUT2D eigenvalue weighted by atomic mass is 35.5. The standard InChI is InChI=1S/C23H14ClF3N2O3/c24-18-3-1-2-17(23(25,26)27)19(18)20-16(21(32-29-20)15-10-11-28-12-15)9-6-13-4-7-14(8-5-13)22(30)31/h1-12,28H,(H,30,31)/b9-6-. The van der Waals surface area contributed by atoms with Gasteiger partial charge in [-0.1, -0.05) is 41.0 Å². The maximum atomic E-state index is 13.7. The van der Waals surface area contributed by atoms with Gasteiger partial charge >= 0.3 is 12.1 Å². The van der Waals surface area contributed by atoms with Gasteiger partial charge < -0.3 is 14.6 Å². The Kier molecular flexibility index (Phi) is 5.63. The molecule has 0 aliphatic carbocycles. The van der Waals surface area contributed by atoms with Gasteiger partial charge in [0.15, 0.2) is 5.76 Å². The van der Waals surface area contributed by atoms with Gasteiger partial charge in [0.05, 0.1) is 21.7 Å². The molecule has 162 valence electrons. The monoisotopic (exact) mass is 458 g/mol. The minimum Gasteiger partial charge on any atom is -0.478 e. The highest BCUT2D eigenvalue weighted by Crippen LogP contribution is 2.43. The molecule has 0 fully saturated rings. The molecule has 4 aromatic rings. The minimum atomic E-state index is -4.65. The summed E-state index contributed by atoms with van der Waals surface area (Å²) in [7, 11) is 0. The summed E-state index contributed by atoms with van der Waals surface area (Å²) >= 11 is 6.17. The second kappa shape index (κ2) is 8.39. The molecule has 0 spiro atoms. The van der Waals surface area contributed by atoms with Gasteiger partial charge in [0.1, 0.15) is 5.69 Å². The van der Waals surface area contributed by atoms with Gasteiger partial charge in [-0.25, -0.2) is 4.79 Å². The van der Waals surface area contributed by atoms with Crippen LogP contribution in [0.3, 0.4) is 0 Å². The van der Waals surface area contributed by atoms with E-state index in [1.54, 1.807) is 42.7 Å². The zero-order valence-corrected chi connectivity index (χ0v) is 16.9. The van der Waals surface area contributed by atoms with E-state index in [1.807, 2.05) is 0 Å². The Morgan fingerprint density at radius 1 is 1.09 bits per heavy atom. The summed E-state index contributed by atoms with van der Waals surface area (Å²) < 4.78 is 46.5. The van der Waals surface area contributed by atoms with Crippen LogP contribution in [0.2, 0.25) is 5.02 Å². The van der Waals surface area contributed by atoms with Crippen LogP contribution in [0.15, 0.2) is 65.4 Å². The van der Waals surface area contributed by atoms with Gasteiger partial charge in [-0.3, -0.25) is 0 Å². The van der Waals surface area contributed by atoms with Gasteiger partial charge in [-0.15, -0.1) is 0 Å². The number of hydrogen-bond acceptors (Lipinski definition) is 3. The Hall–Kier alpha value is -3.78. The Bertz CT molecular complexity index is 1290. The number of aromatic nitrogens is 2. The first-order valence-corrected chi connectivity index (χ1v) is 9.64. The number of nitrogens with one attached hydrogen (secondary N) is 1. The van der Waals surface area contributed by atoms with E-state index in [9.17, 15) is 18.0 Å². The number of benzene rings is 2. The van der Waals surface area contributed by atoms with Gasteiger partial charge in [0.2, 0.25) is 0 Å². The van der Waals surface area contributed by atoms with Crippen LogP contribution in [0.1, 0.15) is 27.0 Å². The van der Waals surface area contributed by atoms with Gasteiger partial charge in [0, 0.05) is 23.5 Å². The molecule has 0 radical (unpaired) electrons. The van der Waals surface area contributed by atoms with Crippen LogP contribution >= 0.6 is 11.6 Å². The first-order valence-electron chi connectivity index (χ1n) is 9.26. The average Bonchev–Trinajstić information content (AvgIpc) is 3.41. The topological polar surface area (TPSA) is 79.1 Å². The minimum absolute atomic E-state index is 0.0578. The SMILES string of the molecule is O=C(O)c1ccc(/C=C\c2c(-c3c(Cl)cccc3C(F)(F)F)noc2-c2cc[nH]c2)cc1. The lowest BCUT2D eigenvalue weighted by Crippen LogP contribution is -2.07. The van der Waals surface area contributed by atoms with Crippen LogP contribution in [0.5, 0.6) is 0 Å². The van der Waals surface area contributed by atoms with E-state index in [0.717, 1.165) is 6.07 Å². The molecule has 0 atom stereocenters. The Morgan fingerprint density at radius 3 is 2.47 bits per heavy atom. The zero-order valence-electron chi connectivity index (χ0n) is 16.2. The fraction of sp³-hybridized carbons (Fsp3) is 0.0435. The van der Waals surface area contributed by atoms with Crippen molar-refractivity contribution >= 4 is 29.7 Å². The molecule has 5 nitrogen and oxygen atoms in total. The predicted molar refractivity (Wildman–Crippen MR) is 114 cm³/mol. The molecule has 0 saturated heterocycles. The summed E-state index contributed by atoms with van der Waals surface area (Å²) in [4.78, 5) is 13.9. The molecule has 2 N–H and O–H groups in total. The molecular weight excluding hydrogens is 445 g/mol. The van der Waals surface area contributed by atoms with E-state index in [2.05, 4.69) is 10.1 Å². The lowest BCUT2D eigenvalue weighted by Gasteiger charge is -2.13. The zero-order chi connectivity index (χ0) is 22.9. The van der Waals surface area contributed by atoms with Crippen LogP contribution in [0.25, 0.3) is 34.7 Å². The molecule has 0 unspecified atom stereocenters. The number of aromatic amines is 1. The number of halogens is 4. The Morgan fingerprint density at radius 2 is 1.84 bits per heavy atom. The Labute approximate surface area is 184 Å². The van der Waals surface area contributed by atoms with Crippen LogP contribution in [0.4, 0.5) is 13.2 Å². The van der Waals surface area contributed by atoms with Crippen molar-refractivity contribution in [2.75, 3.05) is 0 Å². The van der Waals surface area contributed by atoms with Crippen molar-refractivity contribution in [3.63, 3.8) is 0 Å². The lowest BCUT2D eigenvalue weighted by atomic mass is 9.98. The fourth-order valence-corrected chi connectivity index (χ4v) is 3.49. The molecule has 2 heterocycles. The lowest BCUT2D eigenvalue weighted by molar-refractivity contribution is -0.137. The van der Waals surface area contributed by atoms with E-state index in [-0.39, 0.29) is 27.6 Å². The molecule has 32 heavy (non-hydrogen) atoms.